The fourth-order valence-corrected chi connectivity index (χ4v) is 3.89. The van der Waals surface area contributed by atoms with Crippen LogP contribution in [-0.2, 0) is 16.6 Å². The summed E-state index contributed by atoms with van der Waals surface area (Å²) >= 11 is 0. The maximum absolute atomic E-state index is 12.5. The Morgan fingerprint density at radius 2 is 1.94 bits per heavy atom. The van der Waals surface area contributed by atoms with E-state index in [-0.39, 0.29) is 10.7 Å². The summed E-state index contributed by atoms with van der Waals surface area (Å²) in [4.78, 5) is 0.130. The Hall–Kier alpha value is -1.08. The van der Waals surface area contributed by atoms with Gasteiger partial charge in [0.05, 0.1) is 0 Å². The van der Waals surface area contributed by atoms with Crippen molar-refractivity contribution in [3.8, 4) is 0 Å². The molecule has 6 nitrogen and oxygen atoms in total. The van der Waals surface area contributed by atoms with Crippen LogP contribution in [0.15, 0.2) is 11.1 Å². The number of anilines is 1. The number of nitrogen functional groups attached to an aromatic ring is 1. The van der Waals surface area contributed by atoms with E-state index >= 15 is 0 Å². The van der Waals surface area contributed by atoms with Gasteiger partial charge in [0.15, 0.2) is 5.82 Å². The summed E-state index contributed by atoms with van der Waals surface area (Å²) in [6, 6.07) is 0. The number of nitrogens with zero attached hydrogens (tertiary/aromatic N) is 3. The molecule has 2 unspecified atom stereocenters. The molecule has 1 aliphatic heterocycles. The zero-order valence-electron chi connectivity index (χ0n) is 11.0. The van der Waals surface area contributed by atoms with E-state index in [1.54, 1.807) is 4.68 Å². The minimum absolute atomic E-state index is 0.0871. The molecule has 1 aromatic heterocycles. The first-order valence-corrected chi connectivity index (χ1v) is 7.63. The Morgan fingerprint density at radius 3 is 2.39 bits per heavy atom. The molecule has 1 saturated heterocycles. The molecule has 102 valence electrons. The lowest BCUT2D eigenvalue weighted by atomic mass is 10.0. The molecule has 0 amide bonds. The highest BCUT2D eigenvalue weighted by atomic mass is 32.2. The van der Waals surface area contributed by atoms with E-state index in [0.717, 1.165) is 0 Å². The molecule has 7 heteroatoms. The van der Waals surface area contributed by atoms with Gasteiger partial charge in [0, 0.05) is 25.8 Å². The Kier molecular flexibility index (Phi) is 3.37. The van der Waals surface area contributed by atoms with Gasteiger partial charge in [0.2, 0.25) is 10.0 Å². The molecular weight excluding hydrogens is 252 g/mol. The van der Waals surface area contributed by atoms with E-state index in [9.17, 15) is 8.42 Å². The van der Waals surface area contributed by atoms with Crippen LogP contribution in [0.3, 0.4) is 0 Å². The zero-order valence-corrected chi connectivity index (χ0v) is 11.8. The molecule has 2 heterocycles. The van der Waals surface area contributed by atoms with E-state index in [0.29, 0.717) is 31.5 Å². The first-order valence-electron chi connectivity index (χ1n) is 6.19. The molecular formula is C11H20N4O2S. The van der Waals surface area contributed by atoms with E-state index in [2.05, 4.69) is 18.9 Å². The number of hydrogen-bond acceptors (Lipinski definition) is 4. The van der Waals surface area contributed by atoms with Crippen molar-refractivity contribution in [2.45, 2.75) is 32.2 Å². The second-order valence-corrected chi connectivity index (χ2v) is 6.92. The van der Waals surface area contributed by atoms with E-state index in [4.69, 9.17) is 5.73 Å². The highest BCUT2D eigenvalue weighted by Crippen LogP contribution is 2.29. The molecule has 2 rings (SSSR count). The quantitative estimate of drug-likeness (QED) is 0.881. The van der Waals surface area contributed by atoms with Crippen LogP contribution in [0.25, 0.3) is 0 Å². The smallest absolute Gasteiger partial charge is 0.248 e. The largest absolute Gasteiger partial charge is 0.381 e. The first kappa shape index (κ1) is 13.4. The second-order valence-electron chi connectivity index (χ2n) is 5.01. The summed E-state index contributed by atoms with van der Waals surface area (Å²) in [5.74, 6) is 0.841. The Morgan fingerprint density at radius 1 is 1.39 bits per heavy atom. The number of sulfonamides is 1. The number of rotatable bonds is 3. The van der Waals surface area contributed by atoms with Gasteiger partial charge < -0.3 is 5.73 Å². The highest BCUT2D eigenvalue weighted by Gasteiger charge is 2.36. The number of nitrogens with two attached hydrogens (primary N) is 1. The standard InChI is InChI=1S/C11H20N4O2S/c1-4-14-7-10(11(12)13-14)18(16,17)15-5-8(2)9(3)6-15/h7-9H,4-6H2,1-3H3,(H2,12,13). The minimum atomic E-state index is -3.50. The van der Waals surface area contributed by atoms with Crippen LogP contribution in [0.2, 0.25) is 0 Å². The summed E-state index contributed by atoms with van der Waals surface area (Å²) < 4.78 is 28.0. The van der Waals surface area contributed by atoms with Crippen molar-refractivity contribution in [1.29, 1.82) is 0 Å². The molecule has 1 fully saturated rings. The minimum Gasteiger partial charge on any atom is -0.381 e. The maximum atomic E-state index is 12.5. The molecule has 1 aromatic rings. The van der Waals surface area contributed by atoms with Gasteiger partial charge in [-0.15, -0.1) is 0 Å². The van der Waals surface area contributed by atoms with Crippen molar-refractivity contribution in [3.05, 3.63) is 6.20 Å². The van der Waals surface area contributed by atoms with Crippen LogP contribution in [0.4, 0.5) is 5.82 Å². The molecule has 1 aliphatic rings. The van der Waals surface area contributed by atoms with Crippen LogP contribution < -0.4 is 5.73 Å². The lowest BCUT2D eigenvalue weighted by Gasteiger charge is -2.14. The monoisotopic (exact) mass is 272 g/mol. The predicted molar refractivity (Wildman–Crippen MR) is 69.4 cm³/mol. The van der Waals surface area contributed by atoms with Crippen molar-refractivity contribution in [2.75, 3.05) is 18.8 Å². The highest BCUT2D eigenvalue weighted by molar-refractivity contribution is 7.89. The molecule has 0 saturated carbocycles. The van der Waals surface area contributed by atoms with Gasteiger partial charge >= 0.3 is 0 Å². The van der Waals surface area contributed by atoms with E-state index in [1.165, 1.54) is 10.5 Å². The van der Waals surface area contributed by atoms with Gasteiger partial charge in [-0.05, 0) is 18.8 Å². The summed E-state index contributed by atoms with van der Waals surface area (Å²) in [6.07, 6.45) is 1.51. The predicted octanol–water partition coefficient (Wildman–Crippen LogP) is 0.762. The van der Waals surface area contributed by atoms with Crippen molar-refractivity contribution in [3.63, 3.8) is 0 Å². The van der Waals surface area contributed by atoms with Crippen molar-refractivity contribution in [2.24, 2.45) is 11.8 Å². The lowest BCUT2D eigenvalue weighted by molar-refractivity contribution is 0.463. The van der Waals surface area contributed by atoms with Crippen LogP contribution in [0.1, 0.15) is 20.8 Å². The van der Waals surface area contributed by atoms with Crippen molar-refractivity contribution >= 4 is 15.8 Å². The van der Waals surface area contributed by atoms with Crippen molar-refractivity contribution in [1.82, 2.24) is 14.1 Å². The van der Waals surface area contributed by atoms with Gasteiger partial charge in [-0.1, -0.05) is 13.8 Å². The average Bonchev–Trinajstić information content (AvgIpc) is 2.84. The number of aromatic nitrogens is 2. The number of aryl methyl sites for hydroxylation is 1. The third-order valence-electron chi connectivity index (χ3n) is 3.65. The van der Waals surface area contributed by atoms with Crippen LogP contribution in [0.5, 0.6) is 0 Å². The van der Waals surface area contributed by atoms with Gasteiger partial charge in [-0.2, -0.15) is 9.40 Å². The molecule has 0 spiro atoms. The lowest BCUT2D eigenvalue weighted by Crippen LogP contribution is -2.29. The fourth-order valence-electron chi connectivity index (χ4n) is 2.19. The average molecular weight is 272 g/mol. The molecule has 2 atom stereocenters. The molecule has 18 heavy (non-hydrogen) atoms. The topological polar surface area (TPSA) is 81.2 Å². The van der Waals surface area contributed by atoms with Crippen LogP contribution in [-0.4, -0.2) is 35.6 Å². The van der Waals surface area contributed by atoms with Gasteiger partial charge in [-0.3, -0.25) is 4.68 Å². The zero-order chi connectivity index (χ0) is 13.5. The number of hydrogen-bond donors (Lipinski definition) is 1. The fraction of sp³-hybridized carbons (Fsp3) is 0.727. The molecule has 0 bridgehead atoms. The van der Waals surface area contributed by atoms with Gasteiger partial charge in [0.25, 0.3) is 0 Å². The van der Waals surface area contributed by atoms with E-state index in [1.807, 2.05) is 6.92 Å². The molecule has 2 N–H and O–H groups in total. The SMILES string of the molecule is CCn1cc(S(=O)(=O)N2CC(C)C(C)C2)c(N)n1. The maximum Gasteiger partial charge on any atom is 0.248 e. The van der Waals surface area contributed by atoms with E-state index < -0.39 is 10.0 Å². The molecule has 0 aliphatic carbocycles. The summed E-state index contributed by atoms with van der Waals surface area (Å²) in [5.41, 5.74) is 5.70. The summed E-state index contributed by atoms with van der Waals surface area (Å²) in [6.45, 7) is 7.74. The van der Waals surface area contributed by atoms with Crippen LogP contribution in [0, 0.1) is 11.8 Å². The third-order valence-corrected chi connectivity index (χ3v) is 5.50. The summed E-state index contributed by atoms with van der Waals surface area (Å²) in [5, 5.41) is 3.99. The van der Waals surface area contributed by atoms with Crippen molar-refractivity contribution < 1.29 is 8.42 Å². The third kappa shape index (κ3) is 2.12. The van der Waals surface area contributed by atoms with Gasteiger partial charge in [-0.25, -0.2) is 8.42 Å². The normalized spacial score (nSPS) is 25.7. The Bertz CT molecular complexity index is 527. The first-order chi connectivity index (χ1) is 8.36. The second kappa shape index (κ2) is 4.55. The summed E-state index contributed by atoms with van der Waals surface area (Å²) in [7, 11) is -3.50. The Balaban J connectivity index is 2.34. The van der Waals surface area contributed by atoms with Crippen LogP contribution >= 0.6 is 0 Å². The molecule has 0 aromatic carbocycles. The Labute approximate surface area is 108 Å². The van der Waals surface area contributed by atoms with Gasteiger partial charge in [0.1, 0.15) is 4.90 Å². The molecule has 0 radical (unpaired) electrons.